The molecule has 194 valence electrons. The Kier molecular flexibility index (Phi) is 8.87. The molecular weight excluding hydrogens is 470 g/mol. The van der Waals surface area contributed by atoms with Crippen LogP contribution >= 0.6 is 0 Å². The van der Waals surface area contributed by atoms with E-state index in [1.54, 1.807) is 0 Å². The molecule has 3 heterocycles. The Labute approximate surface area is 216 Å². The van der Waals surface area contributed by atoms with Crippen LogP contribution in [-0.4, -0.2) is 62.8 Å². The SMILES string of the molecule is CN1CCC(OC2c3ccccc3CCn3cc(C=CCc4ccccc4)nc32)CC1.O=C(O)C(=O)O. The first-order chi connectivity index (χ1) is 17.9. The molecule has 2 N–H and O–H groups in total. The third-order valence-corrected chi connectivity index (χ3v) is 6.68. The maximum atomic E-state index is 9.10. The summed E-state index contributed by atoms with van der Waals surface area (Å²) in [5.74, 6) is -2.60. The highest BCUT2D eigenvalue weighted by Gasteiger charge is 2.30. The van der Waals surface area contributed by atoms with Crippen molar-refractivity contribution in [1.82, 2.24) is 14.5 Å². The second-order valence-electron chi connectivity index (χ2n) is 9.39. The molecule has 0 amide bonds. The Morgan fingerprint density at radius 1 is 1.00 bits per heavy atom. The summed E-state index contributed by atoms with van der Waals surface area (Å²) < 4.78 is 9.07. The fourth-order valence-electron chi connectivity index (χ4n) is 4.69. The first kappa shape index (κ1) is 26.3. The van der Waals surface area contributed by atoms with Crippen LogP contribution in [0.5, 0.6) is 0 Å². The molecule has 0 bridgehead atoms. The third-order valence-electron chi connectivity index (χ3n) is 6.68. The Hall–Kier alpha value is -3.75. The zero-order valence-corrected chi connectivity index (χ0v) is 21.0. The number of carboxylic acid groups (broad SMARTS) is 2. The molecule has 2 aliphatic heterocycles. The number of hydrogen-bond donors (Lipinski definition) is 2. The molecule has 37 heavy (non-hydrogen) atoms. The molecule has 8 heteroatoms. The van der Waals surface area contributed by atoms with Gasteiger partial charge in [-0.3, -0.25) is 0 Å². The van der Waals surface area contributed by atoms with Crippen molar-refractivity contribution in [3.8, 4) is 0 Å². The molecule has 1 saturated heterocycles. The number of nitrogens with zero attached hydrogens (tertiary/aromatic N) is 3. The minimum atomic E-state index is -1.82. The number of aromatic nitrogens is 2. The summed E-state index contributed by atoms with van der Waals surface area (Å²) in [6.07, 6.45) is 10.8. The van der Waals surface area contributed by atoms with Gasteiger partial charge in [-0.15, -0.1) is 0 Å². The van der Waals surface area contributed by atoms with E-state index in [-0.39, 0.29) is 12.2 Å². The van der Waals surface area contributed by atoms with E-state index in [0.29, 0.717) is 0 Å². The molecular formula is C29H33N3O5. The molecule has 0 radical (unpaired) electrons. The monoisotopic (exact) mass is 503 g/mol. The predicted molar refractivity (Wildman–Crippen MR) is 140 cm³/mol. The molecule has 8 nitrogen and oxygen atoms in total. The van der Waals surface area contributed by atoms with Gasteiger partial charge in [0.2, 0.25) is 0 Å². The van der Waals surface area contributed by atoms with E-state index in [0.717, 1.165) is 56.8 Å². The second kappa shape index (κ2) is 12.5. The average Bonchev–Trinajstić information content (AvgIpc) is 3.25. The second-order valence-corrected chi connectivity index (χ2v) is 9.39. The number of carboxylic acids is 2. The number of aliphatic carboxylic acids is 2. The van der Waals surface area contributed by atoms with Crippen LogP contribution in [0.25, 0.3) is 6.08 Å². The molecule has 0 saturated carbocycles. The van der Waals surface area contributed by atoms with E-state index >= 15 is 0 Å². The lowest BCUT2D eigenvalue weighted by molar-refractivity contribution is -0.159. The van der Waals surface area contributed by atoms with Gasteiger partial charge in [0, 0.05) is 25.8 Å². The van der Waals surface area contributed by atoms with Gasteiger partial charge in [0.05, 0.1) is 11.8 Å². The van der Waals surface area contributed by atoms with Gasteiger partial charge in [-0.1, -0.05) is 60.7 Å². The molecule has 1 atom stereocenters. The van der Waals surface area contributed by atoms with Crippen LogP contribution in [0.2, 0.25) is 0 Å². The summed E-state index contributed by atoms with van der Waals surface area (Å²) in [4.78, 5) is 25.6. The first-order valence-corrected chi connectivity index (χ1v) is 12.6. The topological polar surface area (TPSA) is 105 Å². The molecule has 0 spiro atoms. The van der Waals surface area contributed by atoms with E-state index in [1.807, 2.05) is 0 Å². The van der Waals surface area contributed by atoms with Crippen LogP contribution in [0.3, 0.4) is 0 Å². The lowest BCUT2D eigenvalue weighted by Crippen LogP contribution is -2.35. The molecule has 1 aromatic heterocycles. The van der Waals surface area contributed by atoms with Gasteiger partial charge in [0.15, 0.2) is 0 Å². The van der Waals surface area contributed by atoms with Crippen LogP contribution < -0.4 is 0 Å². The van der Waals surface area contributed by atoms with Gasteiger partial charge in [0.1, 0.15) is 11.9 Å². The lowest BCUT2D eigenvalue weighted by Gasteiger charge is -2.32. The van der Waals surface area contributed by atoms with Gasteiger partial charge in [-0.2, -0.15) is 0 Å². The fraction of sp³-hybridized carbons (Fsp3) is 0.345. The summed E-state index contributed by atoms with van der Waals surface area (Å²) in [6.45, 7) is 3.14. The van der Waals surface area contributed by atoms with Crippen molar-refractivity contribution in [3.05, 3.63) is 95.1 Å². The first-order valence-electron chi connectivity index (χ1n) is 12.6. The Morgan fingerprint density at radius 2 is 1.68 bits per heavy atom. The van der Waals surface area contributed by atoms with Crippen molar-refractivity contribution < 1.29 is 24.5 Å². The van der Waals surface area contributed by atoms with Gasteiger partial charge < -0.3 is 24.4 Å². The third kappa shape index (κ3) is 7.15. The van der Waals surface area contributed by atoms with Crippen molar-refractivity contribution in [2.75, 3.05) is 20.1 Å². The van der Waals surface area contributed by atoms with E-state index in [4.69, 9.17) is 29.5 Å². The van der Waals surface area contributed by atoms with Crippen LogP contribution in [-0.2, 0) is 33.7 Å². The summed E-state index contributed by atoms with van der Waals surface area (Å²) >= 11 is 0. The normalized spacial score (nSPS) is 17.8. The molecule has 2 aromatic carbocycles. The lowest BCUT2D eigenvalue weighted by atomic mass is 10.00. The average molecular weight is 504 g/mol. The van der Waals surface area contributed by atoms with Crippen molar-refractivity contribution in [2.24, 2.45) is 0 Å². The van der Waals surface area contributed by atoms with Crippen LogP contribution in [0.4, 0.5) is 0 Å². The number of rotatable bonds is 5. The van der Waals surface area contributed by atoms with E-state index in [2.05, 4.69) is 89.5 Å². The minimum absolute atomic E-state index is 0.0941. The van der Waals surface area contributed by atoms with Crippen molar-refractivity contribution in [2.45, 2.75) is 44.4 Å². The van der Waals surface area contributed by atoms with Crippen LogP contribution in [0.1, 0.15) is 47.2 Å². The summed E-state index contributed by atoms with van der Waals surface area (Å²) in [5, 5.41) is 14.8. The number of piperidine rings is 1. The summed E-state index contributed by atoms with van der Waals surface area (Å²) in [6, 6.07) is 19.3. The number of allylic oxidation sites excluding steroid dienone is 1. The maximum absolute atomic E-state index is 9.10. The van der Waals surface area contributed by atoms with Crippen molar-refractivity contribution in [3.63, 3.8) is 0 Å². The summed E-state index contributed by atoms with van der Waals surface area (Å²) in [5.41, 5.74) is 5.00. The number of carbonyl (C=O) groups is 2. The van der Waals surface area contributed by atoms with Crippen molar-refractivity contribution >= 4 is 18.0 Å². The van der Waals surface area contributed by atoms with Crippen LogP contribution in [0.15, 0.2) is 66.9 Å². The molecule has 3 aromatic rings. The molecule has 1 fully saturated rings. The zero-order chi connectivity index (χ0) is 26.2. The maximum Gasteiger partial charge on any atom is 0.414 e. The number of fused-ring (bicyclic) bond motifs is 2. The van der Waals surface area contributed by atoms with E-state index in [9.17, 15) is 0 Å². The quantitative estimate of drug-likeness (QED) is 0.506. The highest BCUT2D eigenvalue weighted by atomic mass is 16.5. The summed E-state index contributed by atoms with van der Waals surface area (Å²) in [7, 11) is 2.19. The largest absolute Gasteiger partial charge is 0.473 e. The fourth-order valence-corrected chi connectivity index (χ4v) is 4.69. The predicted octanol–water partition coefficient (Wildman–Crippen LogP) is 4.05. The Balaban J connectivity index is 0.000000480. The van der Waals surface area contributed by atoms with Gasteiger partial charge >= 0.3 is 11.9 Å². The van der Waals surface area contributed by atoms with Gasteiger partial charge in [-0.25, -0.2) is 14.6 Å². The standard InChI is InChI=1S/C27H31N3O.C2H2O4/c1-29-17-15-24(16-18-29)31-26-25-13-6-5-11-22(25)14-19-30-20-23(28-27(26)30)12-7-10-21-8-3-2-4-9-21;3-1(4)2(5)6/h2-9,11-13,20,24,26H,10,14-19H2,1H3;(H,3,4)(H,5,6). The van der Waals surface area contributed by atoms with Crippen LogP contribution in [0, 0.1) is 0 Å². The minimum Gasteiger partial charge on any atom is -0.473 e. The molecule has 1 unspecified atom stereocenters. The van der Waals surface area contributed by atoms with Crippen molar-refractivity contribution in [1.29, 1.82) is 0 Å². The number of benzene rings is 2. The number of imidazole rings is 1. The smallest absolute Gasteiger partial charge is 0.414 e. The van der Waals surface area contributed by atoms with E-state index < -0.39 is 11.9 Å². The molecule has 2 aliphatic rings. The Morgan fingerprint density at radius 3 is 2.38 bits per heavy atom. The zero-order valence-electron chi connectivity index (χ0n) is 21.0. The van der Waals surface area contributed by atoms with E-state index in [1.165, 1.54) is 16.7 Å². The number of ether oxygens (including phenoxy) is 1. The number of hydrogen-bond acceptors (Lipinski definition) is 5. The van der Waals surface area contributed by atoms with Gasteiger partial charge in [0.25, 0.3) is 0 Å². The highest BCUT2D eigenvalue weighted by molar-refractivity contribution is 6.27. The molecule has 0 aliphatic carbocycles. The number of aryl methyl sites for hydroxylation is 2. The Bertz CT molecular complexity index is 1220. The molecule has 5 rings (SSSR count). The van der Waals surface area contributed by atoms with Gasteiger partial charge in [-0.05, 0) is 55.5 Å². The highest BCUT2D eigenvalue weighted by Crippen LogP contribution is 2.34. The number of likely N-dealkylation sites (tertiary alicyclic amines) is 1.